The Hall–Kier alpha value is -2.11. The molecule has 2 aromatic rings. The molecule has 0 aliphatic carbocycles. The van der Waals surface area contributed by atoms with Gasteiger partial charge in [0.25, 0.3) is 5.91 Å². The fourth-order valence-corrected chi connectivity index (χ4v) is 2.26. The van der Waals surface area contributed by atoms with Crippen LogP contribution in [0.5, 0.6) is 5.75 Å². The number of amides is 1. The monoisotopic (exact) mass is 317 g/mol. The van der Waals surface area contributed by atoms with E-state index in [2.05, 4.69) is 0 Å². The number of hydrogen-bond donors (Lipinski definition) is 0. The van der Waals surface area contributed by atoms with Crippen molar-refractivity contribution in [2.75, 3.05) is 47.1 Å². The van der Waals surface area contributed by atoms with Gasteiger partial charge < -0.3 is 19.1 Å². The number of rotatable bonds is 9. The summed E-state index contributed by atoms with van der Waals surface area (Å²) < 4.78 is 15.7. The normalized spacial score (nSPS) is 10.7. The first-order valence-corrected chi connectivity index (χ1v) is 7.62. The van der Waals surface area contributed by atoms with Gasteiger partial charge in [-0.15, -0.1) is 0 Å². The van der Waals surface area contributed by atoms with Gasteiger partial charge in [-0.25, -0.2) is 0 Å². The van der Waals surface area contributed by atoms with Crippen LogP contribution in [0.25, 0.3) is 10.8 Å². The van der Waals surface area contributed by atoms with E-state index in [1.54, 1.807) is 19.1 Å². The lowest BCUT2D eigenvalue weighted by molar-refractivity contribution is -0.134. The summed E-state index contributed by atoms with van der Waals surface area (Å²) in [5.41, 5.74) is 0. The molecule has 0 atom stereocenters. The summed E-state index contributed by atoms with van der Waals surface area (Å²) in [4.78, 5) is 14.0. The Morgan fingerprint density at radius 3 is 2.26 bits per heavy atom. The quantitative estimate of drug-likeness (QED) is 0.712. The summed E-state index contributed by atoms with van der Waals surface area (Å²) in [6, 6.07) is 13.9. The molecule has 0 bridgehead atoms. The van der Waals surface area contributed by atoms with Crippen LogP contribution in [0, 0.1) is 0 Å². The molecule has 2 aromatic carbocycles. The zero-order valence-electron chi connectivity index (χ0n) is 13.7. The number of nitrogens with zero attached hydrogens (tertiary/aromatic N) is 1. The maximum absolute atomic E-state index is 12.3. The molecule has 0 radical (unpaired) electrons. The Kier molecular flexibility index (Phi) is 6.84. The molecule has 124 valence electrons. The molecule has 0 saturated carbocycles. The van der Waals surface area contributed by atoms with Gasteiger partial charge in [0.05, 0.1) is 13.2 Å². The van der Waals surface area contributed by atoms with Gasteiger partial charge >= 0.3 is 0 Å². The fourth-order valence-electron chi connectivity index (χ4n) is 2.26. The first-order valence-electron chi connectivity index (χ1n) is 7.62. The van der Waals surface area contributed by atoms with Gasteiger partial charge in [0, 0.05) is 27.3 Å². The molecule has 5 heteroatoms. The standard InChI is InChI=1S/C18H23NO4/c1-21-11-9-19(10-12-22-2)18(20)14-23-17-8-7-15-5-3-4-6-16(15)13-17/h3-8,13H,9-12,14H2,1-2H3. The van der Waals surface area contributed by atoms with E-state index in [9.17, 15) is 4.79 Å². The highest BCUT2D eigenvalue weighted by molar-refractivity contribution is 5.84. The van der Waals surface area contributed by atoms with Crippen LogP contribution in [0.4, 0.5) is 0 Å². The first-order chi connectivity index (χ1) is 11.2. The summed E-state index contributed by atoms with van der Waals surface area (Å²) in [5, 5.41) is 2.24. The molecular formula is C18H23NO4. The highest BCUT2D eigenvalue weighted by Gasteiger charge is 2.13. The summed E-state index contributed by atoms with van der Waals surface area (Å²) in [6.45, 7) is 2.04. The average molecular weight is 317 g/mol. The van der Waals surface area contributed by atoms with Crippen molar-refractivity contribution in [3.05, 3.63) is 42.5 Å². The topological polar surface area (TPSA) is 48.0 Å². The van der Waals surface area contributed by atoms with E-state index in [1.165, 1.54) is 0 Å². The average Bonchev–Trinajstić information content (AvgIpc) is 2.59. The van der Waals surface area contributed by atoms with E-state index < -0.39 is 0 Å². The minimum absolute atomic E-state index is 0.00572. The molecule has 23 heavy (non-hydrogen) atoms. The van der Waals surface area contributed by atoms with Crippen LogP contribution in [0.1, 0.15) is 0 Å². The highest BCUT2D eigenvalue weighted by Crippen LogP contribution is 2.20. The van der Waals surface area contributed by atoms with Crippen LogP contribution in [-0.4, -0.2) is 57.9 Å². The van der Waals surface area contributed by atoms with Crippen LogP contribution in [0.3, 0.4) is 0 Å². The van der Waals surface area contributed by atoms with Crippen molar-refractivity contribution in [1.82, 2.24) is 4.90 Å². The number of ether oxygens (including phenoxy) is 3. The van der Waals surface area contributed by atoms with Crippen LogP contribution >= 0.6 is 0 Å². The maximum atomic E-state index is 12.3. The number of methoxy groups -OCH3 is 2. The summed E-state index contributed by atoms with van der Waals surface area (Å²) in [5.74, 6) is 0.614. The van der Waals surface area contributed by atoms with Crippen molar-refractivity contribution >= 4 is 16.7 Å². The summed E-state index contributed by atoms with van der Waals surface area (Å²) >= 11 is 0. The molecule has 1 amide bonds. The fraction of sp³-hybridized carbons (Fsp3) is 0.389. The second-order valence-corrected chi connectivity index (χ2v) is 5.16. The molecule has 0 saturated heterocycles. The molecule has 0 aliphatic heterocycles. The van der Waals surface area contributed by atoms with Gasteiger partial charge in [-0.3, -0.25) is 4.79 Å². The van der Waals surface area contributed by atoms with Gasteiger partial charge in [0.15, 0.2) is 6.61 Å². The molecule has 0 fully saturated rings. The second-order valence-electron chi connectivity index (χ2n) is 5.16. The zero-order chi connectivity index (χ0) is 16.5. The lowest BCUT2D eigenvalue weighted by Gasteiger charge is -2.22. The van der Waals surface area contributed by atoms with Gasteiger partial charge in [-0.05, 0) is 22.9 Å². The van der Waals surface area contributed by atoms with Crippen LogP contribution in [-0.2, 0) is 14.3 Å². The number of benzene rings is 2. The Bertz CT molecular complexity index is 621. The SMILES string of the molecule is COCCN(CCOC)C(=O)COc1ccc2ccccc2c1. The Balaban J connectivity index is 1.94. The van der Waals surface area contributed by atoms with E-state index in [1.807, 2.05) is 42.5 Å². The number of carbonyl (C=O) groups is 1. The van der Waals surface area contributed by atoms with E-state index >= 15 is 0 Å². The van der Waals surface area contributed by atoms with E-state index in [-0.39, 0.29) is 12.5 Å². The molecule has 0 unspecified atom stereocenters. The number of fused-ring (bicyclic) bond motifs is 1. The van der Waals surface area contributed by atoms with Crippen molar-refractivity contribution in [3.63, 3.8) is 0 Å². The molecule has 0 aromatic heterocycles. The number of hydrogen-bond acceptors (Lipinski definition) is 4. The molecule has 2 rings (SSSR count). The van der Waals surface area contributed by atoms with Gasteiger partial charge in [-0.1, -0.05) is 30.3 Å². The molecule has 0 heterocycles. The molecule has 0 aliphatic rings. The minimum atomic E-state index is -0.0766. The maximum Gasteiger partial charge on any atom is 0.260 e. The van der Waals surface area contributed by atoms with Gasteiger partial charge in [0.2, 0.25) is 0 Å². The number of carbonyl (C=O) groups excluding carboxylic acids is 1. The van der Waals surface area contributed by atoms with Crippen molar-refractivity contribution in [3.8, 4) is 5.75 Å². The smallest absolute Gasteiger partial charge is 0.260 e. The Morgan fingerprint density at radius 1 is 0.957 bits per heavy atom. The van der Waals surface area contributed by atoms with Crippen molar-refractivity contribution in [1.29, 1.82) is 0 Å². The highest BCUT2D eigenvalue weighted by atomic mass is 16.5. The Morgan fingerprint density at radius 2 is 1.61 bits per heavy atom. The summed E-state index contributed by atoms with van der Waals surface area (Å²) in [6.07, 6.45) is 0. The lowest BCUT2D eigenvalue weighted by Crippen LogP contribution is -2.39. The van der Waals surface area contributed by atoms with Crippen molar-refractivity contribution in [2.24, 2.45) is 0 Å². The van der Waals surface area contributed by atoms with E-state index in [4.69, 9.17) is 14.2 Å². The first kappa shape index (κ1) is 17.2. The predicted molar refractivity (Wildman–Crippen MR) is 89.8 cm³/mol. The van der Waals surface area contributed by atoms with E-state index in [0.29, 0.717) is 32.1 Å². The lowest BCUT2D eigenvalue weighted by atomic mass is 10.1. The minimum Gasteiger partial charge on any atom is -0.484 e. The molecule has 0 spiro atoms. The predicted octanol–water partition coefficient (Wildman–Crippen LogP) is 2.34. The molecule has 5 nitrogen and oxygen atoms in total. The third-order valence-electron chi connectivity index (χ3n) is 3.57. The molecule has 0 N–H and O–H groups in total. The van der Waals surface area contributed by atoms with Gasteiger partial charge in [-0.2, -0.15) is 0 Å². The van der Waals surface area contributed by atoms with Crippen LogP contribution in [0.2, 0.25) is 0 Å². The Labute approximate surface area is 136 Å². The zero-order valence-corrected chi connectivity index (χ0v) is 13.7. The van der Waals surface area contributed by atoms with Gasteiger partial charge in [0.1, 0.15) is 5.75 Å². The molecular weight excluding hydrogens is 294 g/mol. The third-order valence-corrected chi connectivity index (χ3v) is 3.57. The van der Waals surface area contributed by atoms with Crippen molar-refractivity contribution in [2.45, 2.75) is 0 Å². The second kappa shape index (κ2) is 9.12. The summed E-state index contributed by atoms with van der Waals surface area (Å²) in [7, 11) is 3.23. The third kappa shape index (κ3) is 5.23. The van der Waals surface area contributed by atoms with E-state index in [0.717, 1.165) is 10.8 Å². The van der Waals surface area contributed by atoms with Crippen LogP contribution < -0.4 is 4.74 Å². The largest absolute Gasteiger partial charge is 0.484 e. The van der Waals surface area contributed by atoms with Crippen LogP contribution in [0.15, 0.2) is 42.5 Å². The van der Waals surface area contributed by atoms with Crippen molar-refractivity contribution < 1.29 is 19.0 Å².